The Balaban J connectivity index is 2.21. The minimum atomic E-state index is -1.11. The fraction of sp³-hybridized carbons (Fsp3) is 0.231. The maximum Gasteiger partial charge on any atom is 0.352 e. The van der Waals surface area contributed by atoms with Crippen molar-refractivity contribution < 1.29 is 14.7 Å². The van der Waals surface area contributed by atoms with Gasteiger partial charge in [0.15, 0.2) is 0 Å². The summed E-state index contributed by atoms with van der Waals surface area (Å²) in [7, 11) is 0. The molecule has 0 saturated heterocycles. The normalized spacial score (nSPS) is 14.8. The fourth-order valence-corrected chi connectivity index (χ4v) is 1.79. The Morgan fingerprint density at radius 3 is 2.95 bits per heavy atom. The molecular weight excluding hydrogens is 246 g/mol. The van der Waals surface area contributed by atoms with Crippen molar-refractivity contribution in [1.29, 1.82) is 5.26 Å². The van der Waals surface area contributed by atoms with E-state index in [2.05, 4.69) is 5.10 Å². The molecule has 0 atom stereocenters. The Hall–Kier alpha value is -2.68. The number of carbonyl (C=O) groups excluding carboxylic acids is 1. The van der Waals surface area contributed by atoms with E-state index in [1.807, 2.05) is 6.07 Å². The number of nitriles is 1. The zero-order valence-corrected chi connectivity index (χ0v) is 10.0. The zero-order chi connectivity index (χ0) is 13.8. The van der Waals surface area contributed by atoms with Crippen LogP contribution < -0.4 is 0 Å². The van der Waals surface area contributed by atoms with Crippen LogP contribution in [0.4, 0.5) is 0 Å². The van der Waals surface area contributed by atoms with E-state index >= 15 is 0 Å². The third-order valence-corrected chi connectivity index (χ3v) is 2.74. The Labute approximate surface area is 109 Å². The first kappa shape index (κ1) is 12.8. The minimum Gasteiger partial charge on any atom is -0.477 e. The second-order valence-corrected chi connectivity index (χ2v) is 4.12. The summed E-state index contributed by atoms with van der Waals surface area (Å²) in [5, 5.41) is 22.7. The number of hydrogen-bond donors (Lipinski definition) is 1. The van der Waals surface area contributed by atoms with E-state index in [9.17, 15) is 9.59 Å². The Bertz CT molecular complexity index is 601. The highest BCUT2D eigenvalue weighted by Crippen LogP contribution is 2.14. The third-order valence-electron chi connectivity index (χ3n) is 2.74. The Kier molecular flexibility index (Phi) is 3.57. The summed E-state index contributed by atoms with van der Waals surface area (Å²) in [6.45, 7) is 0.172. The number of hydrogen-bond acceptors (Lipinski definition) is 4. The van der Waals surface area contributed by atoms with Gasteiger partial charge in [-0.1, -0.05) is 12.1 Å². The predicted molar refractivity (Wildman–Crippen MR) is 66.0 cm³/mol. The number of hydrazone groups is 1. The van der Waals surface area contributed by atoms with Gasteiger partial charge in [-0.3, -0.25) is 4.79 Å². The van der Waals surface area contributed by atoms with Gasteiger partial charge in [0.2, 0.25) is 5.91 Å². The molecule has 6 nitrogen and oxygen atoms in total. The Morgan fingerprint density at radius 1 is 1.47 bits per heavy atom. The topological polar surface area (TPSA) is 93.8 Å². The first-order valence-electron chi connectivity index (χ1n) is 5.70. The summed E-state index contributed by atoms with van der Waals surface area (Å²) in [5.41, 5.74) is 1.21. The van der Waals surface area contributed by atoms with E-state index in [-0.39, 0.29) is 31.0 Å². The maximum atomic E-state index is 11.7. The molecule has 1 aliphatic rings. The van der Waals surface area contributed by atoms with Crippen molar-refractivity contribution >= 4 is 17.6 Å². The van der Waals surface area contributed by atoms with Crippen LogP contribution in [-0.2, 0) is 16.1 Å². The quantitative estimate of drug-likeness (QED) is 0.877. The molecule has 0 fully saturated rings. The van der Waals surface area contributed by atoms with Gasteiger partial charge in [-0.15, -0.1) is 0 Å². The molecule has 0 radical (unpaired) electrons. The molecule has 1 aromatic carbocycles. The van der Waals surface area contributed by atoms with Gasteiger partial charge in [-0.05, 0) is 17.7 Å². The number of aliphatic carboxylic acids is 1. The predicted octanol–water partition coefficient (Wildman–Crippen LogP) is 1.12. The van der Waals surface area contributed by atoms with Crippen LogP contribution in [0.25, 0.3) is 0 Å². The van der Waals surface area contributed by atoms with Crippen LogP contribution in [0.2, 0.25) is 0 Å². The van der Waals surface area contributed by atoms with Crippen LogP contribution in [0.3, 0.4) is 0 Å². The summed E-state index contributed by atoms with van der Waals surface area (Å²) >= 11 is 0. The second kappa shape index (κ2) is 5.31. The molecule has 1 N–H and O–H groups in total. The molecule has 1 aliphatic heterocycles. The SMILES string of the molecule is N#Cc1cccc(CN2N=C(C(=O)O)CCC2=O)c1. The van der Waals surface area contributed by atoms with Crippen LogP contribution in [0, 0.1) is 11.3 Å². The van der Waals surface area contributed by atoms with Crippen molar-refractivity contribution in [1.82, 2.24) is 5.01 Å². The van der Waals surface area contributed by atoms with Crippen LogP contribution in [-0.4, -0.2) is 27.7 Å². The molecule has 96 valence electrons. The molecule has 0 bridgehead atoms. The van der Waals surface area contributed by atoms with Crippen LogP contribution in [0.5, 0.6) is 0 Å². The number of carbonyl (C=O) groups is 2. The van der Waals surface area contributed by atoms with Gasteiger partial charge in [0.1, 0.15) is 5.71 Å². The van der Waals surface area contributed by atoms with Gasteiger partial charge in [-0.25, -0.2) is 9.80 Å². The van der Waals surface area contributed by atoms with Crippen molar-refractivity contribution in [2.75, 3.05) is 0 Å². The lowest BCUT2D eigenvalue weighted by atomic mass is 10.1. The van der Waals surface area contributed by atoms with Crippen molar-refractivity contribution in [3.05, 3.63) is 35.4 Å². The van der Waals surface area contributed by atoms with E-state index in [4.69, 9.17) is 10.4 Å². The molecule has 0 spiro atoms. The molecular formula is C13H11N3O3. The Morgan fingerprint density at radius 2 is 2.26 bits per heavy atom. The maximum absolute atomic E-state index is 11.7. The molecule has 1 amide bonds. The highest BCUT2D eigenvalue weighted by molar-refractivity contribution is 6.36. The summed E-state index contributed by atoms with van der Waals surface area (Å²) in [5.74, 6) is -1.32. The third kappa shape index (κ3) is 2.96. The van der Waals surface area contributed by atoms with Gasteiger partial charge >= 0.3 is 5.97 Å². The monoisotopic (exact) mass is 257 g/mol. The lowest BCUT2D eigenvalue weighted by Gasteiger charge is -2.22. The smallest absolute Gasteiger partial charge is 0.352 e. The largest absolute Gasteiger partial charge is 0.477 e. The number of nitrogens with zero attached hydrogens (tertiary/aromatic N) is 3. The first-order chi connectivity index (χ1) is 9.10. The molecule has 0 unspecified atom stereocenters. The minimum absolute atomic E-state index is 0.0176. The fourth-order valence-electron chi connectivity index (χ4n) is 1.79. The lowest BCUT2D eigenvalue weighted by molar-refractivity contribution is -0.133. The zero-order valence-electron chi connectivity index (χ0n) is 10.0. The molecule has 1 aromatic rings. The summed E-state index contributed by atoms with van der Waals surface area (Å²) in [6.07, 6.45) is 0.298. The van der Waals surface area contributed by atoms with E-state index in [1.54, 1.807) is 24.3 Å². The van der Waals surface area contributed by atoms with Gasteiger partial charge in [0.05, 0.1) is 18.2 Å². The molecule has 0 aromatic heterocycles. The van der Waals surface area contributed by atoms with Crippen molar-refractivity contribution in [3.8, 4) is 6.07 Å². The van der Waals surface area contributed by atoms with Crippen LogP contribution in [0.1, 0.15) is 24.0 Å². The van der Waals surface area contributed by atoms with Gasteiger partial charge < -0.3 is 5.11 Å². The number of benzene rings is 1. The number of rotatable bonds is 3. The van der Waals surface area contributed by atoms with Gasteiger partial charge in [-0.2, -0.15) is 10.4 Å². The molecule has 1 heterocycles. The average molecular weight is 257 g/mol. The van der Waals surface area contributed by atoms with Crippen molar-refractivity contribution in [2.45, 2.75) is 19.4 Å². The van der Waals surface area contributed by atoms with E-state index in [0.717, 1.165) is 10.6 Å². The number of amides is 1. The van der Waals surface area contributed by atoms with Gasteiger partial charge in [0, 0.05) is 12.8 Å². The molecule has 6 heteroatoms. The van der Waals surface area contributed by atoms with Crippen molar-refractivity contribution in [2.24, 2.45) is 5.10 Å². The molecule has 0 aliphatic carbocycles. The molecule has 0 saturated carbocycles. The summed E-state index contributed by atoms with van der Waals surface area (Å²) < 4.78 is 0. The summed E-state index contributed by atoms with van der Waals surface area (Å²) in [6, 6.07) is 8.80. The first-order valence-corrected chi connectivity index (χ1v) is 5.70. The average Bonchev–Trinajstić information content (AvgIpc) is 2.41. The van der Waals surface area contributed by atoms with Crippen LogP contribution >= 0.6 is 0 Å². The van der Waals surface area contributed by atoms with E-state index in [0.29, 0.717) is 5.56 Å². The van der Waals surface area contributed by atoms with Crippen molar-refractivity contribution in [3.63, 3.8) is 0 Å². The van der Waals surface area contributed by atoms with Crippen LogP contribution in [0.15, 0.2) is 29.4 Å². The standard InChI is InChI=1S/C13H11N3O3/c14-7-9-2-1-3-10(6-9)8-16-12(17)5-4-11(15-16)13(18)19/h1-3,6H,4-5,8H2,(H,18,19). The van der Waals surface area contributed by atoms with E-state index in [1.165, 1.54) is 0 Å². The van der Waals surface area contributed by atoms with E-state index < -0.39 is 5.97 Å². The summed E-state index contributed by atoms with van der Waals surface area (Å²) in [4.78, 5) is 22.5. The number of carboxylic acids is 1. The van der Waals surface area contributed by atoms with Gasteiger partial charge in [0.25, 0.3) is 0 Å². The highest BCUT2D eigenvalue weighted by atomic mass is 16.4. The lowest BCUT2D eigenvalue weighted by Crippen LogP contribution is -2.33. The molecule has 19 heavy (non-hydrogen) atoms. The molecule has 2 rings (SSSR count). The second-order valence-electron chi connectivity index (χ2n) is 4.12. The highest BCUT2D eigenvalue weighted by Gasteiger charge is 2.24. The number of carboxylic acid groups (broad SMARTS) is 1.